The first-order valence-corrected chi connectivity index (χ1v) is 11.1. The summed E-state index contributed by atoms with van der Waals surface area (Å²) in [7, 11) is 0. The number of hydrogen-bond donors (Lipinski definition) is 1. The summed E-state index contributed by atoms with van der Waals surface area (Å²) in [5, 5.41) is 13.1. The highest BCUT2D eigenvalue weighted by Crippen LogP contribution is 2.26. The van der Waals surface area contributed by atoms with Gasteiger partial charge in [-0.25, -0.2) is 9.37 Å². The van der Waals surface area contributed by atoms with Gasteiger partial charge in [0, 0.05) is 36.6 Å². The molecule has 0 radical (unpaired) electrons. The summed E-state index contributed by atoms with van der Waals surface area (Å²) in [6.07, 6.45) is 6.29. The predicted octanol–water partition coefficient (Wildman–Crippen LogP) is 3.39. The standard InChI is InChI=1S/C24H27FN8O/c1-15-12-29-22-10-18(24(31-27)16(2)30-20-6-8-32(14-26)9-7-20)11-23(33(15)22)34-17(3)21-5-4-19(25)13-28-21/h4-5,10-13,17,20H,6-9,27H2,1-3H3/b30-16?,31-24+. The number of nitrogens with zero attached hydrogens (tertiary/aromatic N) is 7. The number of fused-ring (bicyclic) bond motifs is 1. The number of pyridine rings is 2. The molecular weight excluding hydrogens is 435 g/mol. The van der Waals surface area contributed by atoms with Crippen molar-refractivity contribution in [1.29, 1.82) is 5.26 Å². The number of imidazole rings is 1. The molecule has 0 aliphatic carbocycles. The number of hydrazone groups is 1. The van der Waals surface area contributed by atoms with Gasteiger partial charge in [-0.3, -0.25) is 14.4 Å². The Morgan fingerprint density at radius 1 is 1.26 bits per heavy atom. The average Bonchev–Trinajstić information content (AvgIpc) is 3.21. The zero-order chi connectivity index (χ0) is 24.2. The third kappa shape index (κ3) is 4.83. The predicted molar refractivity (Wildman–Crippen MR) is 127 cm³/mol. The van der Waals surface area contributed by atoms with Crippen molar-refractivity contribution in [3.63, 3.8) is 0 Å². The first kappa shape index (κ1) is 23.2. The molecule has 1 saturated heterocycles. The van der Waals surface area contributed by atoms with Gasteiger partial charge < -0.3 is 15.5 Å². The van der Waals surface area contributed by atoms with E-state index < -0.39 is 11.9 Å². The van der Waals surface area contributed by atoms with Crippen LogP contribution in [-0.4, -0.2) is 49.8 Å². The molecule has 34 heavy (non-hydrogen) atoms. The minimum absolute atomic E-state index is 0.110. The second-order valence-corrected chi connectivity index (χ2v) is 8.35. The van der Waals surface area contributed by atoms with Crippen molar-refractivity contribution in [3.8, 4) is 12.1 Å². The van der Waals surface area contributed by atoms with Crippen LogP contribution in [0.25, 0.3) is 5.65 Å². The first-order valence-electron chi connectivity index (χ1n) is 11.1. The summed E-state index contributed by atoms with van der Waals surface area (Å²) in [6.45, 7) is 7.06. The molecule has 4 rings (SSSR count). The summed E-state index contributed by atoms with van der Waals surface area (Å²) >= 11 is 0. The lowest BCUT2D eigenvalue weighted by molar-refractivity contribution is 0.209. The second-order valence-electron chi connectivity index (χ2n) is 8.35. The summed E-state index contributed by atoms with van der Waals surface area (Å²) in [6, 6.07) is 6.81. The quantitative estimate of drug-likeness (QED) is 0.260. The maximum Gasteiger partial charge on any atom is 0.200 e. The van der Waals surface area contributed by atoms with Crippen LogP contribution in [0.5, 0.6) is 5.88 Å². The Kier molecular flexibility index (Phi) is 6.72. The van der Waals surface area contributed by atoms with E-state index in [-0.39, 0.29) is 6.04 Å². The Hall–Kier alpha value is -4.00. The van der Waals surface area contributed by atoms with Crippen LogP contribution in [0, 0.1) is 24.2 Å². The maximum atomic E-state index is 13.3. The van der Waals surface area contributed by atoms with Gasteiger partial charge in [-0.05, 0) is 51.8 Å². The van der Waals surface area contributed by atoms with Gasteiger partial charge in [0.1, 0.15) is 23.3 Å². The Morgan fingerprint density at radius 3 is 2.68 bits per heavy atom. The van der Waals surface area contributed by atoms with Crippen molar-refractivity contribution in [2.45, 2.75) is 45.8 Å². The zero-order valence-electron chi connectivity index (χ0n) is 19.4. The SMILES string of the molecule is CC(=NC1CCN(C#N)CC1)/C(=N\N)c1cc(OC(C)c2ccc(F)cn2)n2c(C)cnc2c1. The van der Waals surface area contributed by atoms with Gasteiger partial charge in [0.15, 0.2) is 6.19 Å². The zero-order valence-corrected chi connectivity index (χ0v) is 19.4. The van der Waals surface area contributed by atoms with Crippen molar-refractivity contribution >= 4 is 17.1 Å². The van der Waals surface area contributed by atoms with E-state index in [0.29, 0.717) is 41.7 Å². The van der Waals surface area contributed by atoms with E-state index in [1.54, 1.807) is 17.2 Å². The lowest BCUT2D eigenvalue weighted by Gasteiger charge is -2.26. The fourth-order valence-electron chi connectivity index (χ4n) is 4.12. The van der Waals surface area contributed by atoms with Crippen LogP contribution in [0.3, 0.4) is 0 Å². The third-order valence-electron chi connectivity index (χ3n) is 5.94. The van der Waals surface area contributed by atoms with E-state index >= 15 is 0 Å². The second kappa shape index (κ2) is 9.87. The molecule has 9 nitrogen and oxygen atoms in total. The average molecular weight is 463 g/mol. The molecule has 0 aromatic carbocycles. The molecule has 1 atom stereocenters. The Balaban J connectivity index is 1.65. The lowest BCUT2D eigenvalue weighted by atomic mass is 10.0. The summed E-state index contributed by atoms with van der Waals surface area (Å²) < 4.78 is 21.4. The molecule has 10 heteroatoms. The number of aromatic nitrogens is 3. The number of nitriles is 1. The van der Waals surface area contributed by atoms with Crippen LogP contribution in [0.15, 0.2) is 46.8 Å². The molecule has 0 bridgehead atoms. The Labute approximate surface area is 197 Å². The number of aryl methyl sites for hydroxylation is 1. The molecule has 0 saturated carbocycles. The topological polar surface area (TPSA) is 117 Å². The molecule has 1 aliphatic rings. The first-order chi connectivity index (χ1) is 16.4. The third-order valence-corrected chi connectivity index (χ3v) is 5.94. The van der Waals surface area contributed by atoms with Crippen LogP contribution in [0.4, 0.5) is 4.39 Å². The fourth-order valence-corrected chi connectivity index (χ4v) is 4.12. The minimum atomic E-state index is -0.431. The Bertz CT molecular complexity index is 1270. The van der Waals surface area contributed by atoms with E-state index in [2.05, 4.69) is 21.3 Å². The van der Waals surface area contributed by atoms with Crippen LogP contribution in [-0.2, 0) is 0 Å². The summed E-state index contributed by atoms with van der Waals surface area (Å²) in [5.41, 5.74) is 4.17. The number of likely N-dealkylation sites (tertiary alicyclic amines) is 1. The number of piperidine rings is 1. The number of aliphatic imine (C=N–C) groups is 1. The van der Waals surface area contributed by atoms with Crippen molar-refractivity contribution < 1.29 is 9.13 Å². The monoisotopic (exact) mass is 462 g/mol. The van der Waals surface area contributed by atoms with E-state index in [1.807, 2.05) is 37.3 Å². The van der Waals surface area contributed by atoms with Crippen LogP contribution < -0.4 is 10.6 Å². The van der Waals surface area contributed by atoms with Crippen molar-refractivity contribution in [2.24, 2.45) is 15.9 Å². The summed E-state index contributed by atoms with van der Waals surface area (Å²) in [4.78, 5) is 15.2. The lowest BCUT2D eigenvalue weighted by Crippen LogP contribution is -2.32. The van der Waals surface area contributed by atoms with Gasteiger partial charge in [0.05, 0.1) is 23.6 Å². The van der Waals surface area contributed by atoms with E-state index in [4.69, 9.17) is 20.8 Å². The number of rotatable bonds is 6. The van der Waals surface area contributed by atoms with E-state index in [1.165, 1.54) is 12.3 Å². The molecule has 1 fully saturated rings. The number of hydrogen-bond acceptors (Lipinski definition) is 8. The Morgan fingerprint density at radius 2 is 2.03 bits per heavy atom. The molecule has 2 N–H and O–H groups in total. The smallest absolute Gasteiger partial charge is 0.200 e. The number of halogens is 1. The number of nitrogens with two attached hydrogens (primary N) is 1. The maximum absolute atomic E-state index is 13.3. The molecule has 176 valence electrons. The van der Waals surface area contributed by atoms with E-state index in [9.17, 15) is 4.39 Å². The van der Waals surface area contributed by atoms with Crippen molar-refractivity contribution in [3.05, 3.63) is 59.4 Å². The molecule has 3 aromatic rings. The molecule has 0 spiro atoms. The van der Waals surface area contributed by atoms with Gasteiger partial charge in [-0.15, -0.1) is 0 Å². The van der Waals surface area contributed by atoms with Crippen LogP contribution >= 0.6 is 0 Å². The van der Waals surface area contributed by atoms with Gasteiger partial charge in [0.2, 0.25) is 5.88 Å². The summed E-state index contributed by atoms with van der Waals surface area (Å²) in [5.74, 6) is 5.94. The van der Waals surface area contributed by atoms with Gasteiger partial charge in [-0.1, -0.05) is 0 Å². The van der Waals surface area contributed by atoms with Gasteiger partial charge in [-0.2, -0.15) is 10.4 Å². The fraction of sp³-hybridized carbons (Fsp3) is 0.375. The van der Waals surface area contributed by atoms with Gasteiger partial charge >= 0.3 is 0 Å². The van der Waals surface area contributed by atoms with Crippen LogP contribution in [0.2, 0.25) is 0 Å². The molecule has 0 amide bonds. The normalized spacial score (nSPS) is 16.5. The minimum Gasteiger partial charge on any atom is -0.469 e. The molecule has 4 heterocycles. The molecule has 1 unspecified atom stereocenters. The molecule has 1 aliphatic heterocycles. The van der Waals surface area contributed by atoms with E-state index in [0.717, 1.165) is 24.1 Å². The molecule has 3 aromatic heterocycles. The van der Waals surface area contributed by atoms with Crippen LogP contribution in [0.1, 0.15) is 49.7 Å². The van der Waals surface area contributed by atoms with Gasteiger partial charge in [0.25, 0.3) is 0 Å². The van der Waals surface area contributed by atoms with Crippen molar-refractivity contribution in [1.82, 2.24) is 19.3 Å². The highest BCUT2D eigenvalue weighted by Gasteiger charge is 2.21. The highest BCUT2D eigenvalue weighted by molar-refractivity contribution is 6.47. The molecular formula is C24H27FN8O. The largest absolute Gasteiger partial charge is 0.469 e. The highest BCUT2D eigenvalue weighted by atomic mass is 19.1. The van der Waals surface area contributed by atoms with Crippen molar-refractivity contribution in [2.75, 3.05) is 13.1 Å². The number of ether oxygens (including phenoxy) is 1.